The zero-order valence-electron chi connectivity index (χ0n) is 9.20. The molecule has 1 nitrogen and oxygen atoms in total. The molecule has 0 atom stereocenters. The number of aromatic amines is 1. The molecule has 2 aromatic carbocycles. The summed E-state index contributed by atoms with van der Waals surface area (Å²) >= 11 is 0. The Labute approximate surface area is 94.7 Å². The monoisotopic (exact) mass is 207 g/mol. The van der Waals surface area contributed by atoms with E-state index in [1.165, 1.54) is 27.7 Å². The summed E-state index contributed by atoms with van der Waals surface area (Å²) in [4.78, 5) is 3.43. The Kier molecular flexibility index (Phi) is 2.03. The third-order valence-corrected chi connectivity index (χ3v) is 2.96. The number of rotatable bonds is 1. The fraction of sp³-hybridized carbons (Fsp3) is 0.0667. The van der Waals surface area contributed by atoms with E-state index in [9.17, 15) is 0 Å². The molecule has 0 unspecified atom stereocenters. The van der Waals surface area contributed by atoms with Gasteiger partial charge < -0.3 is 4.98 Å². The lowest BCUT2D eigenvalue weighted by atomic mass is 10.0. The molecule has 3 aromatic rings. The molecule has 0 aliphatic rings. The molecule has 0 spiro atoms. The maximum Gasteiger partial charge on any atom is 0.0462 e. The van der Waals surface area contributed by atoms with E-state index in [1.807, 2.05) is 6.07 Å². The van der Waals surface area contributed by atoms with Crippen LogP contribution in [0.1, 0.15) is 5.69 Å². The van der Waals surface area contributed by atoms with E-state index in [2.05, 4.69) is 60.4 Å². The standard InChI is InChI=1S/C15H13N/c1-11-15(12-7-3-2-4-8-12)13-9-5-6-10-14(13)16-11/h2-10,16H,1H3. The van der Waals surface area contributed by atoms with Gasteiger partial charge in [-0.25, -0.2) is 0 Å². The number of hydrogen-bond donors (Lipinski definition) is 1. The van der Waals surface area contributed by atoms with E-state index >= 15 is 0 Å². The second-order valence-electron chi connectivity index (χ2n) is 4.04. The van der Waals surface area contributed by atoms with Crippen LogP contribution in [0.3, 0.4) is 0 Å². The van der Waals surface area contributed by atoms with Gasteiger partial charge in [-0.3, -0.25) is 0 Å². The number of nitrogens with one attached hydrogen (secondary N) is 1. The maximum atomic E-state index is 3.43. The molecule has 0 radical (unpaired) electrons. The van der Waals surface area contributed by atoms with Gasteiger partial charge in [-0.15, -0.1) is 0 Å². The highest BCUT2D eigenvalue weighted by Gasteiger charge is 2.08. The number of aromatic nitrogens is 1. The summed E-state index contributed by atoms with van der Waals surface area (Å²) in [6.07, 6.45) is 0. The van der Waals surface area contributed by atoms with E-state index in [4.69, 9.17) is 0 Å². The SMILES string of the molecule is Cc1[nH]c2ccccc2c1-c1ccccc1. The number of fused-ring (bicyclic) bond motifs is 1. The first-order valence-electron chi connectivity index (χ1n) is 5.49. The average Bonchev–Trinajstić information content (AvgIpc) is 2.66. The summed E-state index contributed by atoms with van der Waals surface area (Å²) in [5.74, 6) is 0. The first kappa shape index (κ1) is 9.22. The van der Waals surface area contributed by atoms with Crippen molar-refractivity contribution in [1.29, 1.82) is 0 Å². The van der Waals surface area contributed by atoms with Gasteiger partial charge in [0.1, 0.15) is 0 Å². The van der Waals surface area contributed by atoms with Gasteiger partial charge >= 0.3 is 0 Å². The Morgan fingerprint density at radius 1 is 0.812 bits per heavy atom. The van der Waals surface area contributed by atoms with Crippen LogP contribution in [0.2, 0.25) is 0 Å². The van der Waals surface area contributed by atoms with Crippen molar-refractivity contribution >= 4 is 10.9 Å². The quantitative estimate of drug-likeness (QED) is 0.617. The summed E-state index contributed by atoms with van der Waals surface area (Å²) in [6, 6.07) is 19.0. The molecule has 1 heteroatoms. The second-order valence-corrected chi connectivity index (χ2v) is 4.04. The highest BCUT2D eigenvalue weighted by atomic mass is 14.7. The summed E-state index contributed by atoms with van der Waals surface area (Å²) < 4.78 is 0. The Bertz CT molecular complexity index is 620. The van der Waals surface area contributed by atoms with E-state index in [0.29, 0.717) is 0 Å². The van der Waals surface area contributed by atoms with Gasteiger partial charge in [-0.2, -0.15) is 0 Å². The molecule has 0 saturated carbocycles. The van der Waals surface area contributed by atoms with Crippen molar-refractivity contribution in [1.82, 2.24) is 4.98 Å². The molecular formula is C15H13N. The first-order chi connectivity index (χ1) is 7.86. The molecule has 0 aliphatic carbocycles. The normalized spacial score (nSPS) is 10.8. The van der Waals surface area contributed by atoms with Crippen LogP contribution < -0.4 is 0 Å². The van der Waals surface area contributed by atoms with Crippen LogP contribution in [0, 0.1) is 6.92 Å². The number of H-pyrrole nitrogens is 1. The Hall–Kier alpha value is -2.02. The molecule has 3 rings (SSSR count). The van der Waals surface area contributed by atoms with E-state index < -0.39 is 0 Å². The van der Waals surface area contributed by atoms with Crippen LogP contribution in [0.4, 0.5) is 0 Å². The van der Waals surface area contributed by atoms with Crippen LogP contribution in [-0.4, -0.2) is 4.98 Å². The van der Waals surface area contributed by atoms with Crippen LogP contribution in [0.25, 0.3) is 22.0 Å². The summed E-state index contributed by atoms with van der Waals surface area (Å²) in [7, 11) is 0. The number of benzene rings is 2. The zero-order valence-corrected chi connectivity index (χ0v) is 9.20. The van der Waals surface area contributed by atoms with Crippen molar-refractivity contribution in [2.24, 2.45) is 0 Å². The Morgan fingerprint density at radius 3 is 2.31 bits per heavy atom. The lowest BCUT2D eigenvalue weighted by molar-refractivity contribution is 1.30. The molecule has 0 fully saturated rings. The van der Waals surface area contributed by atoms with Crippen LogP contribution in [0.5, 0.6) is 0 Å². The molecule has 0 bridgehead atoms. The van der Waals surface area contributed by atoms with Crippen molar-refractivity contribution < 1.29 is 0 Å². The van der Waals surface area contributed by atoms with Crippen molar-refractivity contribution in [2.45, 2.75) is 6.92 Å². The number of aryl methyl sites for hydroxylation is 1. The van der Waals surface area contributed by atoms with E-state index in [-0.39, 0.29) is 0 Å². The smallest absolute Gasteiger partial charge is 0.0462 e. The minimum Gasteiger partial charge on any atom is -0.358 e. The summed E-state index contributed by atoms with van der Waals surface area (Å²) in [5, 5.41) is 1.30. The van der Waals surface area contributed by atoms with Crippen molar-refractivity contribution in [2.75, 3.05) is 0 Å². The Morgan fingerprint density at radius 2 is 1.50 bits per heavy atom. The molecule has 78 valence electrons. The van der Waals surface area contributed by atoms with Crippen molar-refractivity contribution in [3.8, 4) is 11.1 Å². The van der Waals surface area contributed by atoms with E-state index in [1.54, 1.807) is 0 Å². The molecule has 0 saturated heterocycles. The van der Waals surface area contributed by atoms with Crippen LogP contribution in [-0.2, 0) is 0 Å². The van der Waals surface area contributed by atoms with Gasteiger partial charge in [-0.05, 0) is 18.6 Å². The van der Waals surface area contributed by atoms with Gasteiger partial charge in [0.15, 0.2) is 0 Å². The zero-order chi connectivity index (χ0) is 11.0. The second kappa shape index (κ2) is 3.53. The summed E-state index contributed by atoms with van der Waals surface area (Å²) in [6.45, 7) is 2.13. The van der Waals surface area contributed by atoms with Crippen LogP contribution in [0.15, 0.2) is 54.6 Å². The fourth-order valence-corrected chi connectivity index (χ4v) is 2.25. The lowest BCUT2D eigenvalue weighted by Crippen LogP contribution is -1.78. The molecule has 1 heterocycles. The molecular weight excluding hydrogens is 194 g/mol. The molecule has 1 N–H and O–H groups in total. The summed E-state index contributed by atoms with van der Waals surface area (Å²) in [5.41, 5.74) is 5.03. The van der Waals surface area contributed by atoms with Gasteiger partial charge in [0, 0.05) is 22.2 Å². The largest absolute Gasteiger partial charge is 0.358 e. The lowest BCUT2D eigenvalue weighted by Gasteiger charge is -2.00. The molecule has 16 heavy (non-hydrogen) atoms. The molecule has 0 amide bonds. The maximum absolute atomic E-state index is 3.43. The number of hydrogen-bond acceptors (Lipinski definition) is 0. The van der Waals surface area contributed by atoms with E-state index in [0.717, 1.165) is 0 Å². The average molecular weight is 207 g/mol. The van der Waals surface area contributed by atoms with Gasteiger partial charge in [-0.1, -0.05) is 48.5 Å². The van der Waals surface area contributed by atoms with Crippen molar-refractivity contribution in [3.05, 3.63) is 60.3 Å². The highest BCUT2D eigenvalue weighted by molar-refractivity contribution is 5.97. The predicted molar refractivity (Wildman–Crippen MR) is 68.5 cm³/mol. The topological polar surface area (TPSA) is 15.8 Å². The number of para-hydroxylation sites is 1. The third kappa shape index (κ3) is 1.33. The van der Waals surface area contributed by atoms with Gasteiger partial charge in [0.25, 0.3) is 0 Å². The highest BCUT2D eigenvalue weighted by Crippen LogP contribution is 2.31. The Balaban J connectivity index is 2.35. The minimum atomic E-state index is 1.21. The molecule has 1 aromatic heterocycles. The van der Waals surface area contributed by atoms with Crippen molar-refractivity contribution in [3.63, 3.8) is 0 Å². The van der Waals surface area contributed by atoms with Crippen LogP contribution >= 0.6 is 0 Å². The van der Waals surface area contributed by atoms with Gasteiger partial charge in [0.05, 0.1) is 0 Å². The fourth-order valence-electron chi connectivity index (χ4n) is 2.25. The first-order valence-corrected chi connectivity index (χ1v) is 5.49. The molecule has 0 aliphatic heterocycles. The van der Waals surface area contributed by atoms with Gasteiger partial charge in [0.2, 0.25) is 0 Å². The minimum absolute atomic E-state index is 1.21. The third-order valence-electron chi connectivity index (χ3n) is 2.96. The predicted octanol–water partition coefficient (Wildman–Crippen LogP) is 4.14.